The van der Waals surface area contributed by atoms with Crippen LogP contribution in [-0.4, -0.2) is 6.29 Å². The number of fused-ring (bicyclic) bond motifs is 1. The maximum atomic E-state index is 13.6. The van der Waals surface area contributed by atoms with Gasteiger partial charge in [0.2, 0.25) is 5.75 Å². The summed E-state index contributed by atoms with van der Waals surface area (Å²) < 4.78 is 47.1. The molecule has 0 radical (unpaired) electrons. The minimum atomic E-state index is -3.77. The zero-order valence-corrected chi connectivity index (χ0v) is 8.18. The summed E-state index contributed by atoms with van der Waals surface area (Å²) in [7, 11) is 0. The van der Waals surface area contributed by atoms with E-state index in [1.54, 1.807) is 13.8 Å². The van der Waals surface area contributed by atoms with Gasteiger partial charge < -0.3 is 9.47 Å². The van der Waals surface area contributed by atoms with E-state index in [-0.39, 0.29) is 11.7 Å². The Balaban J connectivity index is 2.49. The van der Waals surface area contributed by atoms with Crippen LogP contribution < -0.4 is 9.47 Å². The molecular weight excluding hydrogens is 209 g/mol. The second kappa shape index (κ2) is 3.05. The van der Waals surface area contributed by atoms with Crippen LogP contribution in [0.25, 0.3) is 0 Å². The van der Waals surface area contributed by atoms with Crippen molar-refractivity contribution in [3.05, 3.63) is 23.5 Å². The molecule has 1 aromatic carbocycles. The molecule has 0 bridgehead atoms. The molecule has 2 rings (SSSR count). The van der Waals surface area contributed by atoms with Gasteiger partial charge in [-0.25, -0.2) is 4.39 Å². The van der Waals surface area contributed by atoms with Gasteiger partial charge in [-0.3, -0.25) is 0 Å². The van der Waals surface area contributed by atoms with Crippen LogP contribution >= 0.6 is 0 Å². The van der Waals surface area contributed by atoms with Crippen LogP contribution in [0, 0.1) is 5.82 Å². The summed E-state index contributed by atoms with van der Waals surface area (Å²) in [6.45, 7) is 3.53. The van der Waals surface area contributed by atoms with Crippen LogP contribution in [0.15, 0.2) is 12.1 Å². The van der Waals surface area contributed by atoms with Gasteiger partial charge in [0.15, 0.2) is 11.6 Å². The smallest absolute Gasteiger partial charge is 0.395 e. The van der Waals surface area contributed by atoms with Crippen LogP contribution in [-0.2, 0) is 0 Å². The summed E-state index contributed by atoms with van der Waals surface area (Å²) >= 11 is 0. The van der Waals surface area contributed by atoms with Crippen molar-refractivity contribution in [2.45, 2.75) is 26.1 Å². The average molecular weight is 218 g/mol. The van der Waals surface area contributed by atoms with Crippen molar-refractivity contribution in [3.63, 3.8) is 0 Å². The lowest BCUT2D eigenvalue weighted by molar-refractivity contribution is -0.287. The van der Waals surface area contributed by atoms with Crippen LogP contribution in [0.4, 0.5) is 13.2 Å². The van der Waals surface area contributed by atoms with Crippen LogP contribution in [0.2, 0.25) is 0 Å². The van der Waals surface area contributed by atoms with Gasteiger partial charge in [0, 0.05) is 0 Å². The van der Waals surface area contributed by atoms with Crippen molar-refractivity contribution in [1.82, 2.24) is 0 Å². The molecule has 0 saturated carbocycles. The number of rotatable bonds is 1. The Morgan fingerprint density at radius 1 is 1.20 bits per heavy atom. The summed E-state index contributed by atoms with van der Waals surface area (Å²) in [5.41, 5.74) is 0.329. The largest absolute Gasteiger partial charge is 0.586 e. The molecule has 0 unspecified atom stereocenters. The van der Waals surface area contributed by atoms with Crippen molar-refractivity contribution in [2.75, 3.05) is 0 Å². The lowest BCUT2D eigenvalue weighted by atomic mass is 10.0. The fraction of sp³-hybridized carbons (Fsp3) is 0.400. The van der Waals surface area contributed by atoms with Crippen LogP contribution in [0.3, 0.4) is 0 Å². The third-order valence-corrected chi connectivity index (χ3v) is 2.16. The number of ether oxygens (including phenoxy) is 2. The molecule has 1 heterocycles. The van der Waals surface area contributed by atoms with Crippen molar-refractivity contribution in [1.29, 1.82) is 0 Å². The fourth-order valence-corrected chi connectivity index (χ4v) is 1.44. The van der Waals surface area contributed by atoms with Gasteiger partial charge in [-0.15, -0.1) is 8.78 Å². The van der Waals surface area contributed by atoms with E-state index >= 15 is 0 Å². The van der Waals surface area contributed by atoms with Crippen molar-refractivity contribution < 1.29 is 22.6 Å². The van der Waals surface area contributed by atoms with Crippen molar-refractivity contribution in [3.8, 4) is 11.5 Å². The Morgan fingerprint density at radius 3 is 2.47 bits per heavy atom. The number of hydrogen-bond donors (Lipinski definition) is 0. The summed E-state index contributed by atoms with van der Waals surface area (Å²) in [4.78, 5) is 0. The van der Waals surface area contributed by atoms with E-state index in [9.17, 15) is 13.2 Å². The van der Waals surface area contributed by atoms with Gasteiger partial charge in [0.1, 0.15) is 0 Å². The topological polar surface area (TPSA) is 18.5 Å². The van der Waals surface area contributed by atoms with Crippen LogP contribution in [0.1, 0.15) is 25.3 Å². The molecule has 0 amide bonds. The molecule has 0 atom stereocenters. The van der Waals surface area contributed by atoms with Crippen LogP contribution in [0.5, 0.6) is 11.5 Å². The minimum Gasteiger partial charge on any atom is -0.395 e. The normalized spacial score (nSPS) is 17.2. The highest BCUT2D eigenvalue weighted by atomic mass is 19.3. The highest BCUT2D eigenvalue weighted by Gasteiger charge is 2.45. The van der Waals surface area contributed by atoms with Gasteiger partial charge >= 0.3 is 6.29 Å². The molecule has 15 heavy (non-hydrogen) atoms. The molecule has 5 heteroatoms. The second-order valence-electron chi connectivity index (χ2n) is 3.62. The third-order valence-electron chi connectivity index (χ3n) is 2.16. The van der Waals surface area contributed by atoms with Gasteiger partial charge in [-0.1, -0.05) is 19.9 Å². The molecule has 82 valence electrons. The second-order valence-corrected chi connectivity index (χ2v) is 3.62. The van der Waals surface area contributed by atoms with E-state index in [1.807, 2.05) is 0 Å². The molecule has 0 spiro atoms. The molecule has 0 aliphatic carbocycles. The molecule has 1 aliphatic heterocycles. The van der Waals surface area contributed by atoms with Gasteiger partial charge in [0.25, 0.3) is 0 Å². The Hall–Kier alpha value is -1.39. The number of alkyl halides is 2. The van der Waals surface area contributed by atoms with Gasteiger partial charge in [-0.05, 0) is 17.5 Å². The zero-order chi connectivity index (χ0) is 11.2. The highest BCUT2D eigenvalue weighted by molar-refractivity contribution is 5.47. The number of hydrogen-bond acceptors (Lipinski definition) is 2. The van der Waals surface area contributed by atoms with Gasteiger partial charge in [0.05, 0.1) is 0 Å². The Morgan fingerprint density at radius 2 is 1.87 bits per heavy atom. The lowest BCUT2D eigenvalue weighted by Crippen LogP contribution is -2.26. The lowest BCUT2D eigenvalue weighted by Gasteiger charge is -2.08. The molecule has 0 saturated heterocycles. The molecular formula is C10H9F3O2. The minimum absolute atomic E-state index is 0.104. The quantitative estimate of drug-likeness (QED) is 0.720. The standard InChI is InChI=1S/C10H9F3O2/c1-5(2)6-3-4-7-9(8(6)11)15-10(12,13)14-7/h3-5H,1-2H3. The first kappa shape index (κ1) is 10.1. The fourth-order valence-electron chi connectivity index (χ4n) is 1.44. The van der Waals surface area contributed by atoms with Crippen molar-refractivity contribution >= 4 is 0 Å². The van der Waals surface area contributed by atoms with E-state index in [0.717, 1.165) is 0 Å². The maximum Gasteiger partial charge on any atom is 0.586 e. The first-order valence-corrected chi connectivity index (χ1v) is 4.49. The number of benzene rings is 1. The first-order valence-electron chi connectivity index (χ1n) is 4.49. The molecule has 0 N–H and O–H groups in total. The summed E-state index contributed by atoms with van der Waals surface area (Å²) in [6, 6.07) is 2.71. The Bertz CT molecular complexity index is 402. The summed E-state index contributed by atoms with van der Waals surface area (Å²) in [6.07, 6.45) is -3.77. The predicted molar refractivity (Wildman–Crippen MR) is 46.7 cm³/mol. The highest BCUT2D eigenvalue weighted by Crippen LogP contribution is 2.44. The molecule has 1 aromatic rings. The zero-order valence-electron chi connectivity index (χ0n) is 8.18. The van der Waals surface area contributed by atoms with E-state index in [2.05, 4.69) is 9.47 Å². The van der Waals surface area contributed by atoms with E-state index < -0.39 is 17.9 Å². The SMILES string of the molecule is CC(C)c1ccc2c(c1F)OC(F)(F)O2. The maximum absolute atomic E-state index is 13.6. The van der Waals surface area contributed by atoms with E-state index in [1.165, 1.54) is 12.1 Å². The monoisotopic (exact) mass is 218 g/mol. The Kier molecular flexibility index (Phi) is 2.06. The Labute approximate surface area is 84.6 Å². The third kappa shape index (κ3) is 1.62. The van der Waals surface area contributed by atoms with E-state index in [4.69, 9.17) is 0 Å². The molecule has 0 aromatic heterocycles. The number of halogens is 3. The van der Waals surface area contributed by atoms with Crippen molar-refractivity contribution in [2.24, 2.45) is 0 Å². The molecule has 1 aliphatic rings. The van der Waals surface area contributed by atoms with E-state index in [0.29, 0.717) is 5.56 Å². The summed E-state index contributed by atoms with van der Waals surface area (Å²) in [5.74, 6) is -1.65. The van der Waals surface area contributed by atoms with Gasteiger partial charge in [-0.2, -0.15) is 0 Å². The summed E-state index contributed by atoms with van der Waals surface area (Å²) in [5, 5.41) is 0. The molecule has 0 fully saturated rings. The first-order chi connectivity index (χ1) is 6.91. The predicted octanol–water partition coefficient (Wildman–Crippen LogP) is 3.27. The molecule has 2 nitrogen and oxygen atoms in total. The average Bonchev–Trinajstić information content (AvgIpc) is 2.40.